The van der Waals surface area contributed by atoms with E-state index in [-0.39, 0.29) is 5.54 Å². The van der Waals surface area contributed by atoms with Crippen molar-refractivity contribution in [1.82, 2.24) is 5.17 Å². The number of hydrazine groups is 1. The highest BCUT2D eigenvalue weighted by Gasteiger charge is 2.55. The third-order valence-corrected chi connectivity index (χ3v) is 5.82. The van der Waals surface area contributed by atoms with Crippen molar-refractivity contribution < 1.29 is 14.3 Å². The van der Waals surface area contributed by atoms with Crippen LogP contribution in [0.25, 0.3) is 0 Å². The Morgan fingerprint density at radius 3 is 2.56 bits per heavy atom. The molecule has 130 valence electrons. The van der Waals surface area contributed by atoms with Gasteiger partial charge in [-0.2, -0.15) is 0 Å². The molecule has 1 aliphatic carbocycles. The van der Waals surface area contributed by atoms with Crippen LogP contribution in [-0.4, -0.2) is 28.7 Å². The van der Waals surface area contributed by atoms with Crippen LogP contribution in [0.3, 0.4) is 0 Å². The number of rotatable bonds is 4. The van der Waals surface area contributed by atoms with E-state index in [4.69, 9.17) is 9.57 Å². The number of fused-ring (bicyclic) bond motifs is 1. The van der Waals surface area contributed by atoms with E-state index in [1.807, 2.05) is 30.3 Å². The quantitative estimate of drug-likeness (QED) is 0.765. The monoisotopic (exact) mass is 337 g/mol. The van der Waals surface area contributed by atoms with Crippen molar-refractivity contribution in [2.45, 2.75) is 38.6 Å². The van der Waals surface area contributed by atoms with Crippen LogP contribution in [0.15, 0.2) is 48.5 Å². The number of ether oxygens (including phenoxy) is 1. The van der Waals surface area contributed by atoms with Crippen molar-refractivity contribution in [3.8, 4) is 11.5 Å². The predicted molar refractivity (Wildman–Crippen MR) is 98.4 cm³/mol. The average Bonchev–Trinajstić information content (AvgIpc) is 2.67. The lowest BCUT2D eigenvalue weighted by Gasteiger charge is -2.50. The van der Waals surface area contributed by atoms with Crippen molar-refractivity contribution in [3.05, 3.63) is 54.1 Å². The number of hydroxylamine groups is 1. The van der Waals surface area contributed by atoms with E-state index < -0.39 is 0 Å². The van der Waals surface area contributed by atoms with E-state index in [1.54, 1.807) is 7.11 Å². The van der Waals surface area contributed by atoms with Gasteiger partial charge in [-0.25, -0.2) is 0 Å². The smallest absolute Gasteiger partial charge is 0.239 e. The second-order valence-corrected chi connectivity index (χ2v) is 6.97. The topological polar surface area (TPSA) is 24.7 Å². The van der Waals surface area contributed by atoms with Crippen molar-refractivity contribution in [3.63, 3.8) is 0 Å². The van der Waals surface area contributed by atoms with E-state index in [1.165, 1.54) is 6.42 Å². The number of para-hydroxylation sites is 1. The minimum atomic E-state index is 0.0317. The Labute approximate surface area is 149 Å². The summed E-state index contributed by atoms with van der Waals surface area (Å²) in [5.41, 5.74) is 2.19. The Hall–Kier alpha value is -2.49. The number of methoxy groups -OCH3 is 1. The molecule has 0 radical (unpaired) electrons. The SMILES string of the molecule is CCC1(N2Oc3ccccc3C=[N+]2c2ccc(OC)cc2)CCC1C. The van der Waals surface area contributed by atoms with Gasteiger partial charge in [0, 0.05) is 17.3 Å². The maximum Gasteiger partial charge on any atom is 0.239 e. The largest absolute Gasteiger partial charge is 0.497 e. The van der Waals surface area contributed by atoms with Crippen LogP contribution < -0.4 is 9.57 Å². The van der Waals surface area contributed by atoms with E-state index in [0.717, 1.165) is 35.6 Å². The maximum atomic E-state index is 6.42. The molecule has 4 rings (SSSR count). The van der Waals surface area contributed by atoms with Crippen LogP contribution in [0.1, 0.15) is 38.7 Å². The fraction of sp³-hybridized carbons (Fsp3) is 0.381. The van der Waals surface area contributed by atoms with Gasteiger partial charge in [0.15, 0.2) is 5.75 Å². The Morgan fingerprint density at radius 1 is 1.20 bits per heavy atom. The molecule has 1 aliphatic heterocycles. The van der Waals surface area contributed by atoms with Gasteiger partial charge in [0.25, 0.3) is 0 Å². The summed E-state index contributed by atoms with van der Waals surface area (Å²) in [6, 6.07) is 16.3. The third-order valence-electron chi connectivity index (χ3n) is 5.82. The molecule has 2 aromatic carbocycles. The molecule has 0 saturated heterocycles. The van der Waals surface area contributed by atoms with Crippen LogP contribution in [0.2, 0.25) is 0 Å². The second-order valence-electron chi connectivity index (χ2n) is 6.97. The van der Waals surface area contributed by atoms with E-state index in [9.17, 15) is 0 Å². The molecule has 2 aromatic rings. The Bertz CT molecular complexity index is 796. The summed E-state index contributed by atoms with van der Waals surface area (Å²) in [5, 5.41) is 2.10. The first kappa shape index (κ1) is 16.0. The standard InChI is InChI=1S/C21H25N2O2/c1-4-21(14-13-16(21)2)23-22(18-9-11-19(24-3)12-10-18)15-17-7-5-6-8-20(17)25-23/h5-12,15-16H,4,13-14H2,1-3H3/q+1. The van der Waals surface area contributed by atoms with Crippen LogP contribution in [0, 0.1) is 5.92 Å². The zero-order valence-electron chi connectivity index (χ0n) is 15.1. The predicted octanol–water partition coefficient (Wildman–Crippen LogP) is 4.56. The maximum absolute atomic E-state index is 6.42. The molecule has 2 unspecified atom stereocenters. The summed E-state index contributed by atoms with van der Waals surface area (Å²) >= 11 is 0. The Kier molecular flexibility index (Phi) is 3.91. The molecule has 1 fully saturated rings. The molecule has 2 aliphatic rings. The normalized spacial score (nSPS) is 24.7. The van der Waals surface area contributed by atoms with Crippen molar-refractivity contribution in [2.24, 2.45) is 5.92 Å². The number of benzene rings is 2. The third kappa shape index (κ3) is 2.48. The number of nitrogens with zero attached hydrogens (tertiary/aromatic N) is 2. The zero-order chi connectivity index (χ0) is 17.4. The zero-order valence-corrected chi connectivity index (χ0v) is 15.1. The highest BCUT2D eigenvalue weighted by Crippen LogP contribution is 2.47. The minimum Gasteiger partial charge on any atom is -0.497 e. The summed E-state index contributed by atoms with van der Waals surface area (Å²) in [6.07, 6.45) is 5.61. The van der Waals surface area contributed by atoms with Gasteiger partial charge in [-0.05, 0) is 54.1 Å². The molecule has 0 N–H and O–H groups in total. The van der Waals surface area contributed by atoms with Gasteiger partial charge in [-0.3, -0.25) is 0 Å². The lowest BCUT2D eigenvalue weighted by atomic mass is 9.66. The molecular weight excluding hydrogens is 312 g/mol. The lowest BCUT2D eigenvalue weighted by Crippen LogP contribution is -2.63. The minimum absolute atomic E-state index is 0.0317. The van der Waals surface area contributed by atoms with Gasteiger partial charge in [-0.1, -0.05) is 26.0 Å². The highest BCUT2D eigenvalue weighted by atomic mass is 16.7. The fourth-order valence-electron chi connectivity index (χ4n) is 3.92. The van der Waals surface area contributed by atoms with Gasteiger partial charge < -0.3 is 9.57 Å². The van der Waals surface area contributed by atoms with Crippen molar-refractivity contribution >= 4 is 11.9 Å². The number of hydrazone groups is 1. The first-order chi connectivity index (χ1) is 12.2. The number of hydrogen-bond donors (Lipinski definition) is 0. The molecule has 0 aromatic heterocycles. The van der Waals surface area contributed by atoms with E-state index in [2.05, 4.69) is 48.1 Å². The summed E-state index contributed by atoms with van der Waals surface area (Å²) in [4.78, 5) is 6.42. The van der Waals surface area contributed by atoms with Crippen LogP contribution in [0.4, 0.5) is 5.69 Å². The Balaban J connectivity index is 1.81. The summed E-state index contributed by atoms with van der Waals surface area (Å²) in [5.74, 6) is 2.37. The summed E-state index contributed by atoms with van der Waals surface area (Å²) < 4.78 is 7.46. The van der Waals surface area contributed by atoms with Crippen molar-refractivity contribution in [1.29, 1.82) is 0 Å². The molecule has 25 heavy (non-hydrogen) atoms. The van der Waals surface area contributed by atoms with Gasteiger partial charge in [0.2, 0.25) is 11.9 Å². The summed E-state index contributed by atoms with van der Waals surface area (Å²) in [7, 11) is 1.69. The first-order valence-corrected chi connectivity index (χ1v) is 9.03. The average molecular weight is 337 g/mol. The number of hydrogen-bond acceptors (Lipinski definition) is 3. The van der Waals surface area contributed by atoms with Gasteiger partial charge >= 0.3 is 0 Å². The molecule has 1 heterocycles. The van der Waals surface area contributed by atoms with Gasteiger partial charge in [0.1, 0.15) is 11.3 Å². The molecule has 2 atom stereocenters. The fourth-order valence-corrected chi connectivity index (χ4v) is 3.92. The molecule has 0 spiro atoms. The Morgan fingerprint density at radius 2 is 1.96 bits per heavy atom. The molecule has 4 heteroatoms. The highest BCUT2D eigenvalue weighted by molar-refractivity contribution is 5.81. The molecule has 1 saturated carbocycles. The second kappa shape index (κ2) is 6.10. The van der Waals surface area contributed by atoms with Gasteiger partial charge in [-0.15, -0.1) is 0 Å². The molecule has 0 bridgehead atoms. The van der Waals surface area contributed by atoms with Crippen molar-refractivity contribution in [2.75, 3.05) is 7.11 Å². The summed E-state index contributed by atoms with van der Waals surface area (Å²) in [6.45, 7) is 4.58. The molecule has 4 nitrogen and oxygen atoms in total. The molecular formula is C21H25N2O2+. The van der Waals surface area contributed by atoms with Crippen LogP contribution >= 0.6 is 0 Å². The van der Waals surface area contributed by atoms with E-state index in [0.29, 0.717) is 5.92 Å². The van der Waals surface area contributed by atoms with Crippen LogP contribution in [0.5, 0.6) is 11.5 Å². The lowest BCUT2D eigenvalue weighted by molar-refractivity contribution is -0.719. The van der Waals surface area contributed by atoms with Crippen LogP contribution in [-0.2, 0) is 0 Å². The first-order valence-electron chi connectivity index (χ1n) is 9.03. The van der Waals surface area contributed by atoms with Gasteiger partial charge in [0.05, 0.1) is 12.7 Å². The van der Waals surface area contributed by atoms with E-state index >= 15 is 0 Å². The molecule has 0 amide bonds.